The van der Waals surface area contributed by atoms with Gasteiger partial charge in [0.25, 0.3) is 0 Å². The summed E-state index contributed by atoms with van der Waals surface area (Å²) in [5, 5.41) is 9.03. The van der Waals surface area contributed by atoms with Gasteiger partial charge in [0.15, 0.2) is 11.5 Å². The van der Waals surface area contributed by atoms with Gasteiger partial charge in [0.2, 0.25) is 0 Å². The van der Waals surface area contributed by atoms with Crippen LogP contribution in [0.15, 0.2) is 16.6 Å². The number of carbonyl (C=O) groups excluding carboxylic acids is 1. The maximum atomic E-state index is 11.6. The van der Waals surface area contributed by atoms with Gasteiger partial charge in [-0.1, -0.05) is 15.9 Å². The average Bonchev–Trinajstić information content (AvgIpc) is 2.26. The van der Waals surface area contributed by atoms with Crippen LogP contribution < -0.4 is 10.5 Å². The molecule has 0 unspecified atom stereocenters. The van der Waals surface area contributed by atoms with Gasteiger partial charge in [-0.25, -0.2) is 0 Å². The molecule has 0 aliphatic rings. The Morgan fingerprint density at radius 3 is 2.47 bits per heavy atom. The van der Waals surface area contributed by atoms with Crippen molar-refractivity contribution < 1.29 is 19.4 Å². The summed E-state index contributed by atoms with van der Waals surface area (Å²) < 4.78 is 6.13. The summed E-state index contributed by atoms with van der Waals surface area (Å²) in [5.74, 6) is -0.950. The lowest BCUT2D eigenvalue weighted by Gasteiger charge is -2.21. The van der Waals surface area contributed by atoms with Crippen LogP contribution in [0.4, 0.5) is 5.69 Å². The molecule has 0 atom stereocenters. The van der Waals surface area contributed by atoms with Crippen molar-refractivity contribution in [2.45, 2.75) is 20.8 Å². The third-order valence-corrected chi connectivity index (χ3v) is 3.08. The molecule has 19 heavy (non-hydrogen) atoms. The number of benzene rings is 1. The molecule has 0 bridgehead atoms. The zero-order valence-corrected chi connectivity index (χ0v) is 12.6. The Labute approximate surface area is 119 Å². The maximum absolute atomic E-state index is 11.6. The number of Topliss-reactive ketones (excluding diaryl/α,β-unsaturated/α-hetero) is 1. The summed E-state index contributed by atoms with van der Waals surface area (Å²) in [5.41, 5.74) is 5.37. The molecule has 0 aromatic heterocycles. The quantitative estimate of drug-likeness (QED) is 0.640. The fourth-order valence-electron chi connectivity index (χ4n) is 1.35. The number of carboxylic acid groups (broad SMARTS) is 1. The van der Waals surface area contributed by atoms with Crippen molar-refractivity contribution in [2.75, 3.05) is 12.3 Å². The van der Waals surface area contributed by atoms with Gasteiger partial charge in [0.05, 0.1) is 16.7 Å². The van der Waals surface area contributed by atoms with Gasteiger partial charge in [0, 0.05) is 4.47 Å². The first-order chi connectivity index (χ1) is 8.65. The topological polar surface area (TPSA) is 89.6 Å². The van der Waals surface area contributed by atoms with E-state index in [-0.39, 0.29) is 18.1 Å². The number of rotatable bonds is 5. The molecule has 6 heteroatoms. The number of hydrogen-bond acceptors (Lipinski definition) is 4. The van der Waals surface area contributed by atoms with E-state index in [1.807, 2.05) is 0 Å². The predicted molar refractivity (Wildman–Crippen MR) is 75.5 cm³/mol. The molecule has 0 saturated heterocycles. The summed E-state index contributed by atoms with van der Waals surface area (Å²) >= 11 is 3.25. The largest absolute Gasteiger partial charge is 0.489 e. The molecule has 0 radical (unpaired) electrons. The van der Waals surface area contributed by atoms with E-state index in [9.17, 15) is 9.59 Å². The zero-order valence-electron chi connectivity index (χ0n) is 11.0. The molecule has 5 nitrogen and oxygen atoms in total. The molecule has 1 aromatic carbocycles. The van der Waals surface area contributed by atoms with Crippen molar-refractivity contribution in [1.82, 2.24) is 0 Å². The molecule has 0 heterocycles. The van der Waals surface area contributed by atoms with E-state index in [1.54, 1.807) is 12.1 Å². The van der Waals surface area contributed by atoms with Crippen molar-refractivity contribution in [3.8, 4) is 5.75 Å². The first kappa shape index (κ1) is 15.5. The van der Waals surface area contributed by atoms with Crippen LogP contribution in [-0.2, 0) is 4.79 Å². The standard InChI is InChI=1S/C13H16BrNO4/c1-7(16)9-4-8(14)5-10(15)11(9)19-6-13(2,3)12(17)18/h4-5H,6,15H2,1-3H3,(H,17,18). The second-order valence-electron chi connectivity index (χ2n) is 4.91. The van der Waals surface area contributed by atoms with E-state index >= 15 is 0 Å². The normalized spacial score (nSPS) is 11.2. The number of nitrogens with two attached hydrogens (primary N) is 1. The molecule has 0 spiro atoms. The number of carboxylic acids is 1. The van der Waals surface area contributed by atoms with Crippen LogP contribution in [0.5, 0.6) is 5.75 Å². The number of aliphatic carboxylic acids is 1. The van der Waals surface area contributed by atoms with Crippen LogP contribution in [0, 0.1) is 5.41 Å². The van der Waals surface area contributed by atoms with E-state index in [0.717, 1.165) is 0 Å². The Morgan fingerprint density at radius 2 is 2.00 bits per heavy atom. The molecule has 0 saturated carbocycles. The highest BCUT2D eigenvalue weighted by molar-refractivity contribution is 9.10. The summed E-state index contributed by atoms with van der Waals surface area (Å²) in [6, 6.07) is 3.21. The second kappa shape index (κ2) is 5.61. The maximum Gasteiger partial charge on any atom is 0.312 e. The molecule has 0 fully saturated rings. The van der Waals surface area contributed by atoms with Crippen LogP contribution in [-0.4, -0.2) is 23.5 Å². The Kier molecular flexibility index (Phi) is 4.57. The summed E-state index contributed by atoms with van der Waals surface area (Å²) in [6.07, 6.45) is 0. The number of carbonyl (C=O) groups is 2. The van der Waals surface area contributed by atoms with Gasteiger partial charge in [-0.15, -0.1) is 0 Å². The lowest BCUT2D eigenvalue weighted by molar-refractivity contribution is -0.148. The third kappa shape index (κ3) is 3.70. The van der Waals surface area contributed by atoms with Gasteiger partial charge in [-0.3, -0.25) is 9.59 Å². The highest BCUT2D eigenvalue weighted by atomic mass is 79.9. The molecule has 104 valence electrons. The van der Waals surface area contributed by atoms with Crippen molar-refractivity contribution in [3.63, 3.8) is 0 Å². The molecular weight excluding hydrogens is 314 g/mol. The van der Waals surface area contributed by atoms with Crippen molar-refractivity contribution in [3.05, 3.63) is 22.2 Å². The lowest BCUT2D eigenvalue weighted by atomic mass is 9.95. The highest BCUT2D eigenvalue weighted by Gasteiger charge is 2.29. The van der Waals surface area contributed by atoms with Crippen LogP contribution in [0.3, 0.4) is 0 Å². The minimum Gasteiger partial charge on any atom is -0.489 e. The number of anilines is 1. The van der Waals surface area contributed by atoms with Gasteiger partial charge in [0.1, 0.15) is 6.61 Å². The molecule has 1 aromatic rings. The Morgan fingerprint density at radius 1 is 1.42 bits per heavy atom. The van der Waals surface area contributed by atoms with Crippen LogP contribution in [0.25, 0.3) is 0 Å². The van der Waals surface area contributed by atoms with Crippen molar-refractivity contribution in [2.24, 2.45) is 5.41 Å². The fourth-order valence-corrected chi connectivity index (χ4v) is 1.83. The Hall–Kier alpha value is -1.56. The summed E-state index contributed by atoms with van der Waals surface area (Å²) in [6.45, 7) is 4.40. The van der Waals surface area contributed by atoms with E-state index < -0.39 is 11.4 Å². The molecule has 0 amide bonds. The average molecular weight is 330 g/mol. The van der Waals surface area contributed by atoms with Gasteiger partial charge in [-0.05, 0) is 32.9 Å². The number of ether oxygens (including phenoxy) is 1. The summed E-state index contributed by atoms with van der Waals surface area (Å²) in [4.78, 5) is 22.6. The molecular formula is C13H16BrNO4. The number of halogens is 1. The predicted octanol–water partition coefficient (Wildman–Crippen LogP) is 2.72. The minimum atomic E-state index is -1.06. The smallest absolute Gasteiger partial charge is 0.312 e. The minimum absolute atomic E-state index is 0.0750. The first-order valence-corrected chi connectivity index (χ1v) is 6.40. The molecule has 0 aliphatic heterocycles. The van der Waals surface area contributed by atoms with E-state index in [0.29, 0.717) is 15.7 Å². The zero-order chi connectivity index (χ0) is 14.8. The lowest BCUT2D eigenvalue weighted by Crippen LogP contribution is -2.31. The van der Waals surface area contributed by atoms with E-state index in [4.69, 9.17) is 15.6 Å². The number of nitrogen functional groups attached to an aromatic ring is 1. The number of ketones is 1. The van der Waals surface area contributed by atoms with Crippen LogP contribution in [0.1, 0.15) is 31.1 Å². The van der Waals surface area contributed by atoms with Gasteiger partial charge in [-0.2, -0.15) is 0 Å². The SMILES string of the molecule is CC(=O)c1cc(Br)cc(N)c1OCC(C)(C)C(=O)O. The molecule has 0 aliphatic carbocycles. The van der Waals surface area contributed by atoms with E-state index in [2.05, 4.69) is 15.9 Å². The van der Waals surface area contributed by atoms with Crippen LogP contribution >= 0.6 is 15.9 Å². The first-order valence-electron chi connectivity index (χ1n) is 5.61. The summed E-state index contributed by atoms with van der Waals surface area (Å²) in [7, 11) is 0. The molecule has 1 rings (SSSR count). The van der Waals surface area contributed by atoms with E-state index in [1.165, 1.54) is 20.8 Å². The Bertz CT molecular complexity index is 526. The second-order valence-corrected chi connectivity index (χ2v) is 5.82. The monoisotopic (exact) mass is 329 g/mol. The van der Waals surface area contributed by atoms with Gasteiger partial charge < -0.3 is 15.6 Å². The van der Waals surface area contributed by atoms with Gasteiger partial charge >= 0.3 is 5.97 Å². The molecule has 3 N–H and O–H groups in total. The fraction of sp³-hybridized carbons (Fsp3) is 0.385. The Balaban J connectivity index is 3.08. The van der Waals surface area contributed by atoms with Crippen LogP contribution in [0.2, 0.25) is 0 Å². The highest BCUT2D eigenvalue weighted by Crippen LogP contribution is 2.32. The van der Waals surface area contributed by atoms with Crippen molar-refractivity contribution >= 4 is 33.4 Å². The van der Waals surface area contributed by atoms with Crippen molar-refractivity contribution in [1.29, 1.82) is 0 Å². The third-order valence-electron chi connectivity index (χ3n) is 2.62. The number of hydrogen-bond donors (Lipinski definition) is 2.